The monoisotopic (exact) mass is 281 g/mol. The predicted molar refractivity (Wildman–Crippen MR) is 62.0 cm³/mol. The minimum absolute atomic E-state index is 0.245. The molecule has 1 atom stereocenters. The zero-order chi connectivity index (χ0) is 14.0. The van der Waals surface area contributed by atoms with Crippen LogP contribution in [0.2, 0.25) is 0 Å². The van der Waals surface area contributed by atoms with Crippen molar-refractivity contribution in [1.82, 2.24) is 5.32 Å². The van der Waals surface area contributed by atoms with Gasteiger partial charge in [0.15, 0.2) is 9.84 Å². The normalized spacial score (nSPS) is 14.5. The van der Waals surface area contributed by atoms with Crippen molar-refractivity contribution in [3.63, 3.8) is 0 Å². The second-order valence-corrected chi connectivity index (χ2v) is 6.03. The summed E-state index contributed by atoms with van der Waals surface area (Å²) in [6.07, 6.45) is -4.54. The molecule has 0 aliphatic heterocycles. The molecule has 1 aromatic rings. The molecule has 0 radical (unpaired) electrons. The molecule has 0 heterocycles. The number of hydrogen-bond donors (Lipinski definition) is 1. The van der Waals surface area contributed by atoms with E-state index in [1.807, 2.05) is 0 Å². The number of alkyl halides is 3. The molecule has 1 N–H and O–H groups in total. The van der Waals surface area contributed by atoms with Crippen LogP contribution in [0.5, 0.6) is 0 Å². The van der Waals surface area contributed by atoms with Crippen molar-refractivity contribution in [1.29, 1.82) is 0 Å². The molecule has 0 fully saturated rings. The lowest BCUT2D eigenvalue weighted by molar-refractivity contribution is -0.137. The van der Waals surface area contributed by atoms with Gasteiger partial charge in [0.2, 0.25) is 0 Å². The molecule has 0 aromatic heterocycles. The van der Waals surface area contributed by atoms with Crippen molar-refractivity contribution in [2.45, 2.75) is 24.0 Å². The molecular weight excluding hydrogens is 267 g/mol. The molecular formula is C11H14F3NO2S. The van der Waals surface area contributed by atoms with Gasteiger partial charge in [-0.3, -0.25) is 0 Å². The molecule has 1 unspecified atom stereocenters. The molecule has 7 heteroatoms. The van der Waals surface area contributed by atoms with Crippen LogP contribution in [0.15, 0.2) is 29.2 Å². The third kappa shape index (κ3) is 3.71. The lowest BCUT2D eigenvalue weighted by atomic mass is 10.2. The van der Waals surface area contributed by atoms with Crippen LogP contribution in [-0.2, 0) is 16.0 Å². The van der Waals surface area contributed by atoms with E-state index in [0.717, 1.165) is 12.1 Å². The Bertz CT molecular complexity index is 511. The second-order valence-electron chi connectivity index (χ2n) is 4.00. The standard InChI is InChI=1S/C11H14F3NO2S/c1-8(15-2)7-18(16,17)10-5-3-4-9(6-10)11(12,13)14/h3-6,8,15H,7H2,1-2H3. The lowest BCUT2D eigenvalue weighted by Crippen LogP contribution is -2.30. The first-order chi connectivity index (χ1) is 8.16. The van der Waals surface area contributed by atoms with E-state index in [0.29, 0.717) is 6.07 Å². The summed E-state index contributed by atoms with van der Waals surface area (Å²) in [5.41, 5.74) is -0.958. The van der Waals surface area contributed by atoms with E-state index in [2.05, 4.69) is 5.32 Å². The first-order valence-corrected chi connectivity index (χ1v) is 6.89. The fourth-order valence-electron chi connectivity index (χ4n) is 1.37. The molecule has 1 rings (SSSR count). The average molecular weight is 281 g/mol. The Morgan fingerprint density at radius 1 is 1.33 bits per heavy atom. The average Bonchev–Trinajstić information content (AvgIpc) is 2.27. The van der Waals surface area contributed by atoms with Crippen molar-refractivity contribution in [3.8, 4) is 0 Å². The van der Waals surface area contributed by atoms with Crippen molar-refractivity contribution in [2.75, 3.05) is 12.8 Å². The summed E-state index contributed by atoms with van der Waals surface area (Å²) in [6, 6.07) is 3.45. The van der Waals surface area contributed by atoms with E-state index in [9.17, 15) is 21.6 Å². The second kappa shape index (κ2) is 5.27. The smallest absolute Gasteiger partial charge is 0.316 e. The van der Waals surface area contributed by atoms with Gasteiger partial charge in [0.1, 0.15) is 0 Å². The van der Waals surface area contributed by atoms with Gasteiger partial charge in [0, 0.05) is 6.04 Å². The molecule has 0 bridgehead atoms. The van der Waals surface area contributed by atoms with Crippen LogP contribution in [0, 0.1) is 0 Å². The van der Waals surface area contributed by atoms with E-state index < -0.39 is 21.6 Å². The Morgan fingerprint density at radius 2 is 1.94 bits per heavy atom. The van der Waals surface area contributed by atoms with Crippen molar-refractivity contribution in [2.24, 2.45) is 0 Å². The van der Waals surface area contributed by atoms with Gasteiger partial charge in [0.05, 0.1) is 16.2 Å². The zero-order valence-electron chi connectivity index (χ0n) is 9.95. The van der Waals surface area contributed by atoms with Gasteiger partial charge >= 0.3 is 6.18 Å². The largest absolute Gasteiger partial charge is 0.416 e. The Balaban J connectivity index is 3.11. The van der Waals surface area contributed by atoms with Crippen molar-refractivity contribution >= 4 is 9.84 Å². The quantitative estimate of drug-likeness (QED) is 0.919. The maximum absolute atomic E-state index is 12.5. The third-order valence-corrected chi connectivity index (χ3v) is 4.39. The molecule has 0 aliphatic carbocycles. The topological polar surface area (TPSA) is 46.2 Å². The van der Waals surface area contributed by atoms with Gasteiger partial charge in [-0.25, -0.2) is 8.42 Å². The summed E-state index contributed by atoms with van der Waals surface area (Å²) >= 11 is 0. The van der Waals surface area contributed by atoms with Gasteiger partial charge in [-0.1, -0.05) is 6.07 Å². The van der Waals surface area contributed by atoms with Crippen LogP contribution in [0.25, 0.3) is 0 Å². The fraction of sp³-hybridized carbons (Fsp3) is 0.455. The number of halogens is 3. The number of hydrogen-bond acceptors (Lipinski definition) is 3. The van der Waals surface area contributed by atoms with Crippen LogP contribution >= 0.6 is 0 Å². The van der Waals surface area contributed by atoms with E-state index in [1.54, 1.807) is 14.0 Å². The molecule has 0 aliphatic rings. The number of rotatable bonds is 4. The van der Waals surface area contributed by atoms with Crippen LogP contribution < -0.4 is 5.32 Å². The highest BCUT2D eigenvalue weighted by atomic mass is 32.2. The summed E-state index contributed by atoms with van der Waals surface area (Å²) in [5.74, 6) is -0.245. The Labute approximate surface area is 104 Å². The highest BCUT2D eigenvalue weighted by molar-refractivity contribution is 7.91. The van der Waals surface area contributed by atoms with Gasteiger partial charge in [-0.2, -0.15) is 13.2 Å². The SMILES string of the molecule is CNC(C)CS(=O)(=O)c1cccc(C(F)(F)F)c1. The van der Waals surface area contributed by atoms with Gasteiger partial charge in [-0.05, 0) is 32.2 Å². The van der Waals surface area contributed by atoms with Crippen molar-refractivity contribution in [3.05, 3.63) is 29.8 Å². The summed E-state index contributed by atoms with van der Waals surface area (Å²) in [7, 11) is -2.13. The van der Waals surface area contributed by atoms with E-state index in [1.165, 1.54) is 6.07 Å². The van der Waals surface area contributed by atoms with Gasteiger partial charge in [0.25, 0.3) is 0 Å². The Hall–Kier alpha value is -1.08. The summed E-state index contributed by atoms with van der Waals surface area (Å²) < 4.78 is 61.2. The Kier molecular flexibility index (Phi) is 4.39. The van der Waals surface area contributed by atoms with E-state index in [4.69, 9.17) is 0 Å². The summed E-state index contributed by atoms with van der Waals surface area (Å²) in [6.45, 7) is 1.64. The predicted octanol–water partition coefficient (Wildman–Crippen LogP) is 2.09. The van der Waals surface area contributed by atoms with Gasteiger partial charge in [-0.15, -0.1) is 0 Å². The van der Waals surface area contributed by atoms with Crippen LogP contribution in [0.3, 0.4) is 0 Å². The fourth-order valence-corrected chi connectivity index (χ4v) is 2.98. The van der Waals surface area contributed by atoms with Gasteiger partial charge < -0.3 is 5.32 Å². The van der Waals surface area contributed by atoms with Crippen LogP contribution in [-0.4, -0.2) is 27.3 Å². The molecule has 0 spiro atoms. The van der Waals surface area contributed by atoms with Crippen LogP contribution in [0.1, 0.15) is 12.5 Å². The molecule has 102 valence electrons. The molecule has 0 saturated carbocycles. The van der Waals surface area contributed by atoms with Crippen molar-refractivity contribution < 1.29 is 21.6 Å². The zero-order valence-corrected chi connectivity index (χ0v) is 10.8. The minimum Gasteiger partial charge on any atom is -0.316 e. The first-order valence-electron chi connectivity index (χ1n) is 5.24. The lowest BCUT2D eigenvalue weighted by Gasteiger charge is -2.12. The number of benzene rings is 1. The van der Waals surface area contributed by atoms with E-state index in [-0.39, 0.29) is 16.7 Å². The molecule has 0 saturated heterocycles. The number of sulfone groups is 1. The third-order valence-electron chi connectivity index (χ3n) is 2.48. The molecule has 1 aromatic carbocycles. The Morgan fingerprint density at radius 3 is 2.44 bits per heavy atom. The maximum Gasteiger partial charge on any atom is 0.416 e. The summed E-state index contributed by atoms with van der Waals surface area (Å²) in [4.78, 5) is -0.306. The molecule has 3 nitrogen and oxygen atoms in total. The summed E-state index contributed by atoms with van der Waals surface area (Å²) in [5, 5.41) is 2.73. The molecule has 18 heavy (non-hydrogen) atoms. The highest BCUT2D eigenvalue weighted by Crippen LogP contribution is 2.30. The first kappa shape index (κ1) is 15.0. The maximum atomic E-state index is 12.5. The molecule has 0 amide bonds. The number of nitrogens with one attached hydrogen (secondary N) is 1. The van der Waals surface area contributed by atoms with Crippen LogP contribution in [0.4, 0.5) is 13.2 Å². The highest BCUT2D eigenvalue weighted by Gasteiger charge is 2.31. The van der Waals surface area contributed by atoms with E-state index >= 15 is 0 Å². The minimum atomic E-state index is -4.54.